The zero-order valence-corrected chi connectivity index (χ0v) is 20.0. The van der Waals surface area contributed by atoms with Crippen molar-refractivity contribution in [3.8, 4) is 0 Å². The number of carbonyl (C=O) groups excluding carboxylic acids is 1. The van der Waals surface area contributed by atoms with E-state index in [1.165, 1.54) is 22.6 Å². The molecule has 0 aliphatic rings. The van der Waals surface area contributed by atoms with E-state index in [2.05, 4.69) is 5.32 Å². The van der Waals surface area contributed by atoms with Gasteiger partial charge in [-0.05, 0) is 62.6 Å². The van der Waals surface area contributed by atoms with Crippen molar-refractivity contribution in [3.63, 3.8) is 0 Å². The Hall–Kier alpha value is -3.85. The molecule has 0 atom stereocenters. The maximum Gasteiger partial charge on any atom is 0.267 e. The van der Waals surface area contributed by atoms with E-state index < -0.39 is 5.91 Å². The highest BCUT2D eigenvalue weighted by Gasteiger charge is 2.18. The van der Waals surface area contributed by atoms with E-state index in [-0.39, 0.29) is 40.5 Å². The summed E-state index contributed by atoms with van der Waals surface area (Å²) in [6, 6.07) is 10.9. The summed E-state index contributed by atoms with van der Waals surface area (Å²) in [7, 11) is 0. The molecule has 0 spiro atoms. The first-order chi connectivity index (χ1) is 16.8. The van der Waals surface area contributed by atoms with Crippen LogP contribution in [0.4, 0.5) is 4.39 Å². The summed E-state index contributed by atoms with van der Waals surface area (Å²) in [4.78, 5) is 31.2. The molecule has 9 heteroatoms. The molecule has 0 fully saturated rings. The Morgan fingerprint density at radius 2 is 1.94 bits per heavy atom. The van der Waals surface area contributed by atoms with Crippen LogP contribution in [0.5, 0.6) is 0 Å². The van der Waals surface area contributed by atoms with Crippen LogP contribution in [0.3, 0.4) is 0 Å². The van der Waals surface area contributed by atoms with Crippen LogP contribution in [-0.4, -0.2) is 32.6 Å². The van der Waals surface area contributed by atoms with Gasteiger partial charge in [0.25, 0.3) is 11.5 Å². The number of ether oxygens (including phenoxy) is 1. The second-order valence-corrected chi connectivity index (χ2v) is 8.68. The fourth-order valence-corrected chi connectivity index (χ4v) is 3.91. The first kappa shape index (κ1) is 24.3. The number of fused-ring (bicyclic) bond motifs is 2. The van der Waals surface area contributed by atoms with Crippen LogP contribution in [-0.2, 0) is 17.8 Å². The number of pyridine rings is 2. The molecule has 3 heterocycles. The Morgan fingerprint density at radius 3 is 2.66 bits per heavy atom. The largest absolute Gasteiger partial charge is 0.379 e. The van der Waals surface area contributed by atoms with Crippen molar-refractivity contribution < 1.29 is 13.9 Å². The van der Waals surface area contributed by atoms with Gasteiger partial charge in [-0.25, -0.2) is 9.37 Å². The van der Waals surface area contributed by atoms with Gasteiger partial charge in [0.1, 0.15) is 22.6 Å². The number of nitrogens with one attached hydrogen (secondary N) is 2. The van der Waals surface area contributed by atoms with Crippen LogP contribution in [0.25, 0.3) is 16.7 Å². The molecule has 1 aromatic carbocycles. The lowest BCUT2D eigenvalue weighted by Gasteiger charge is -2.16. The number of carbonyl (C=O) groups is 1. The predicted molar refractivity (Wildman–Crippen MR) is 131 cm³/mol. The summed E-state index contributed by atoms with van der Waals surface area (Å²) in [6.45, 7) is 6.75. The molecule has 1 amide bonds. The molecule has 4 rings (SSSR count). The first-order valence-electron chi connectivity index (χ1n) is 11.5. The smallest absolute Gasteiger partial charge is 0.267 e. The third kappa shape index (κ3) is 5.14. The number of benzene rings is 1. The Morgan fingerprint density at radius 1 is 1.20 bits per heavy atom. The van der Waals surface area contributed by atoms with Gasteiger partial charge in [-0.1, -0.05) is 18.2 Å². The molecule has 0 radical (unpaired) electrons. The molecule has 35 heavy (non-hydrogen) atoms. The highest BCUT2D eigenvalue weighted by Crippen LogP contribution is 2.13. The second kappa shape index (κ2) is 10.2. The van der Waals surface area contributed by atoms with Gasteiger partial charge in [-0.2, -0.15) is 0 Å². The number of halogens is 1. The zero-order valence-electron chi connectivity index (χ0n) is 20.0. The number of aromatic nitrogens is 3. The van der Waals surface area contributed by atoms with E-state index in [1.54, 1.807) is 29.0 Å². The van der Waals surface area contributed by atoms with E-state index in [0.29, 0.717) is 36.4 Å². The number of hydrogen-bond acceptors (Lipinski definition) is 5. The van der Waals surface area contributed by atoms with Crippen molar-refractivity contribution in [1.82, 2.24) is 19.3 Å². The van der Waals surface area contributed by atoms with Crippen LogP contribution in [0.1, 0.15) is 41.8 Å². The lowest BCUT2D eigenvalue weighted by Crippen LogP contribution is -2.35. The van der Waals surface area contributed by atoms with Gasteiger partial charge in [-0.15, -0.1) is 0 Å². The molecule has 0 aliphatic heterocycles. The summed E-state index contributed by atoms with van der Waals surface area (Å²) in [5.41, 5.74) is 2.12. The number of amides is 1. The number of nitrogens with zero attached hydrogens (tertiary/aromatic N) is 3. The summed E-state index contributed by atoms with van der Waals surface area (Å²) >= 11 is 0. The zero-order chi connectivity index (χ0) is 25.1. The SMILES string of the molecule is Cc1cccn2c(=O)c3cc(C(=O)NCc4ccc(F)cc4)c(=N)n(CCCOC(C)C)c3nc12. The molecule has 0 unspecified atom stereocenters. The Balaban J connectivity index is 1.78. The highest BCUT2D eigenvalue weighted by atomic mass is 19.1. The lowest BCUT2D eigenvalue weighted by molar-refractivity contribution is 0.0748. The van der Waals surface area contributed by atoms with Crippen molar-refractivity contribution in [3.05, 3.63) is 87.0 Å². The third-order valence-electron chi connectivity index (χ3n) is 5.72. The second-order valence-electron chi connectivity index (χ2n) is 8.68. The average Bonchev–Trinajstić information content (AvgIpc) is 2.83. The molecule has 0 saturated carbocycles. The summed E-state index contributed by atoms with van der Waals surface area (Å²) in [5, 5.41) is 11.8. The van der Waals surface area contributed by atoms with Gasteiger partial charge in [0.2, 0.25) is 0 Å². The predicted octanol–water partition coefficient (Wildman–Crippen LogP) is 3.32. The van der Waals surface area contributed by atoms with Gasteiger partial charge < -0.3 is 14.6 Å². The lowest BCUT2D eigenvalue weighted by atomic mass is 10.1. The molecule has 3 aromatic heterocycles. The highest BCUT2D eigenvalue weighted by molar-refractivity contribution is 5.96. The van der Waals surface area contributed by atoms with Crippen molar-refractivity contribution in [2.45, 2.75) is 46.4 Å². The van der Waals surface area contributed by atoms with Crippen molar-refractivity contribution >= 4 is 22.6 Å². The molecule has 0 bridgehead atoms. The maximum absolute atomic E-state index is 13.4. The summed E-state index contributed by atoms with van der Waals surface area (Å²) in [5.74, 6) is -0.858. The molecule has 0 aliphatic carbocycles. The minimum absolute atomic E-state index is 0.0384. The molecule has 0 saturated heterocycles. The topological polar surface area (TPSA) is 101 Å². The quantitative estimate of drug-likeness (QED) is 0.300. The fourth-order valence-electron chi connectivity index (χ4n) is 3.91. The molecule has 4 aromatic rings. The van der Waals surface area contributed by atoms with E-state index in [0.717, 1.165) is 5.56 Å². The molecular formula is C26H28FN5O3. The fraction of sp³-hybridized carbons (Fsp3) is 0.308. The summed E-state index contributed by atoms with van der Waals surface area (Å²) < 4.78 is 21.9. The van der Waals surface area contributed by atoms with Crippen LogP contribution in [0, 0.1) is 18.2 Å². The monoisotopic (exact) mass is 477 g/mol. The minimum atomic E-state index is -0.498. The average molecular weight is 478 g/mol. The van der Waals surface area contributed by atoms with Crippen molar-refractivity contribution in [1.29, 1.82) is 5.41 Å². The van der Waals surface area contributed by atoms with Gasteiger partial charge >= 0.3 is 0 Å². The molecule has 8 nitrogen and oxygen atoms in total. The number of rotatable bonds is 8. The van der Waals surface area contributed by atoms with Gasteiger partial charge in [0.05, 0.1) is 17.1 Å². The van der Waals surface area contributed by atoms with E-state index in [1.807, 2.05) is 26.8 Å². The van der Waals surface area contributed by atoms with Crippen molar-refractivity contribution in [2.75, 3.05) is 6.61 Å². The van der Waals surface area contributed by atoms with Crippen LogP contribution < -0.4 is 16.4 Å². The Kier molecular flexibility index (Phi) is 7.07. The standard InChI is InChI=1S/C26H28FN5O3/c1-16(2)35-13-5-12-31-22(28)20(25(33)29-15-18-7-9-19(27)10-8-18)14-21-24(31)30-23-17(3)6-4-11-32(23)26(21)34/h4,6-11,14,16,28H,5,12-13,15H2,1-3H3,(H,29,33). The van der Waals surface area contributed by atoms with Gasteiger partial charge in [0, 0.05) is 25.9 Å². The third-order valence-corrected chi connectivity index (χ3v) is 5.72. The van der Waals surface area contributed by atoms with Gasteiger partial charge in [0.15, 0.2) is 0 Å². The van der Waals surface area contributed by atoms with E-state index in [4.69, 9.17) is 15.1 Å². The minimum Gasteiger partial charge on any atom is -0.379 e. The van der Waals surface area contributed by atoms with E-state index in [9.17, 15) is 14.0 Å². The first-order valence-corrected chi connectivity index (χ1v) is 11.5. The molecular weight excluding hydrogens is 449 g/mol. The number of hydrogen-bond donors (Lipinski definition) is 2. The van der Waals surface area contributed by atoms with E-state index >= 15 is 0 Å². The maximum atomic E-state index is 13.4. The van der Waals surface area contributed by atoms with Crippen LogP contribution in [0.2, 0.25) is 0 Å². The number of aryl methyl sites for hydroxylation is 2. The summed E-state index contributed by atoms with van der Waals surface area (Å²) in [6.07, 6.45) is 2.30. The van der Waals surface area contributed by atoms with Crippen LogP contribution in [0.15, 0.2) is 53.5 Å². The molecule has 182 valence electrons. The van der Waals surface area contributed by atoms with Gasteiger partial charge in [-0.3, -0.25) is 19.4 Å². The molecule has 2 N–H and O–H groups in total. The van der Waals surface area contributed by atoms with Crippen LogP contribution >= 0.6 is 0 Å². The van der Waals surface area contributed by atoms with Crippen molar-refractivity contribution in [2.24, 2.45) is 0 Å². The Bertz CT molecular complexity index is 1510. The normalized spacial score (nSPS) is 11.5. The Labute approximate surface area is 201 Å².